The van der Waals surface area contributed by atoms with Crippen LogP contribution in [0.4, 0.5) is 0 Å². The minimum absolute atomic E-state index is 0.0560. The Hall–Kier alpha value is -2.34. The van der Waals surface area contributed by atoms with E-state index in [0.717, 1.165) is 28.0 Å². The molecule has 1 unspecified atom stereocenters. The van der Waals surface area contributed by atoms with Gasteiger partial charge >= 0.3 is 0 Å². The fourth-order valence-electron chi connectivity index (χ4n) is 2.40. The van der Waals surface area contributed by atoms with Crippen LogP contribution < -0.4 is 0 Å². The number of hydrogen-bond acceptors (Lipinski definition) is 6. The molecule has 2 heterocycles. The number of ketones is 1. The number of nitrogens with zero attached hydrogens (tertiary/aromatic N) is 2. The minimum atomic E-state index is -0.316. The number of aromatic nitrogens is 2. The van der Waals surface area contributed by atoms with Crippen molar-refractivity contribution in [2.24, 2.45) is 0 Å². The van der Waals surface area contributed by atoms with Crippen LogP contribution in [0.2, 0.25) is 0 Å². The van der Waals surface area contributed by atoms with E-state index in [1.54, 1.807) is 12.3 Å². The van der Waals surface area contributed by atoms with Gasteiger partial charge in [0.2, 0.25) is 0 Å². The van der Waals surface area contributed by atoms with Gasteiger partial charge in [-0.3, -0.25) is 4.79 Å². The smallest absolute Gasteiger partial charge is 0.277 e. The molecule has 0 spiro atoms. The summed E-state index contributed by atoms with van der Waals surface area (Å²) in [6, 6.07) is 7.67. The number of rotatable bonds is 5. The van der Waals surface area contributed by atoms with Crippen molar-refractivity contribution in [3.63, 3.8) is 0 Å². The van der Waals surface area contributed by atoms with Crippen LogP contribution in [0.25, 0.3) is 11.5 Å². The zero-order valence-corrected chi connectivity index (χ0v) is 14.8. The van der Waals surface area contributed by atoms with Crippen molar-refractivity contribution in [3.8, 4) is 11.5 Å². The quantitative estimate of drug-likeness (QED) is 0.498. The van der Waals surface area contributed by atoms with Crippen molar-refractivity contribution in [1.82, 2.24) is 10.2 Å². The van der Waals surface area contributed by atoms with E-state index in [1.165, 1.54) is 11.8 Å². The molecular formula is C18H18N2O3S. The Morgan fingerprint density at radius 1 is 1.17 bits per heavy atom. The second-order valence-electron chi connectivity index (χ2n) is 5.71. The number of thioether (sulfide) groups is 1. The monoisotopic (exact) mass is 342 g/mol. The van der Waals surface area contributed by atoms with Crippen molar-refractivity contribution in [2.75, 3.05) is 0 Å². The SMILES string of the molecule is Cc1ccc(C)c(C(=O)C(C)Sc2nnc(-c3ccoc3C)o2)c1. The van der Waals surface area contributed by atoms with E-state index in [-0.39, 0.29) is 11.0 Å². The highest BCUT2D eigenvalue weighted by molar-refractivity contribution is 8.00. The first-order valence-electron chi connectivity index (χ1n) is 7.62. The Balaban J connectivity index is 1.76. The van der Waals surface area contributed by atoms with Gasteiger partial charge in [-0.15, -0.1) is 10.2 Å². The summed E-state index contributed by atoms with van der Waals surface area (Å²) in [5, 5.41) is 8.11. The lowest BCUT2D eigenvalue weighted by atomic mass is 10.0. The second kappa shape index (κ2) is 6.65. The highest BCUT2D eigenvalue weighted by Crippen LogP contribution is 2.30. The van der Waals surface area contributed by atoms with Gasteiger partial charge in [0, 0.05) is 5.56 Å². The number of Topliss-reactive ketones (excluding diaryl/α,β-unsaturated/α-hetero) is 1. The minimum Gasteiger partial charge on any atom is -0.469 e. The number of aryl methyl sites for hydroxylation is 3. The molecule has 5 nitrogen and oxygen atoms in total. The predicted molar refractivity (Wildman–Crippen MR) is 92.3 cm³/mol. The van der Waals surface area contributed by atoms with Crippen molar-refractivity contribution in [3.05, 3.63) is 53.0 Å². The van der Waals surface area contributed by atoms with E-state index in [1.807, 2.05) is 45.9 Å². The van der Waals surface area contributed by atoms with Crippen molar-refractivity contribution in [1.29, 1.82) is 0 Å². The Labute approximate surface area is 144 Å². The summed E-state index contributed by atoms with van der Waals surface area (Å²) >= 11 is 1.26. The summed E-state index contributed by atoms with van der Waals surface area (Å²) in [5.74, 6) is 1.17. The van der Waals surface area contributed by atoms with Crippen molar-refractivity contribution in [2.45, 2.75) is 38.2 Å². The number of furan rings is 1. The summed E-state index contributed by atoms with van der Waals surface area (Å²) in [6.45, 7) is 7.60. The maximum absolute atomic E-state index is 12.7. The van der Waals surface area contributed by atoms with Crippen molar-refractivity contribution >= 4 is 17.5 Å². The standard InChI is InChI=1S/C18H18N2O3S/c1-10-5-6-11(2)15(9-10)16(21)13(4)24-18-20-19-17(23-18)14-7-8-22-12(14)3/h5-9,13H,1-4H3. The van der Waals surface area contributed by atoms with Gasteiger partial charge in [-0.05, 0) is 45.4 Å². The van der Waals surface area contributed by atoms with E-state index < -0.39 is 0 Å². The van der Waals surface area contributed by atoms with Crippen LogP contribution in [0.5, 0.6) is 0 Å². The zero-order valence-electron chi connectivity index (χ0n) is 14.0. The third-order valence-electron chi connectivity index (χ3n) is 3.80. The number of hydrogen-bond donors (Lipinski definition) is 0. The fourth-order valence-corrected chi connectivity index (χ4v) is 3.15. The molecule has 24 heavy (non-hydrogen) atoms. The lowest BCUT2D eigenvalue weighted by Gasteiger charge is -2.10. The lowest BCUT2D eigenvalue weighted by Crippen LogP contribution is -2.15. The normalized spacial score (nSPS) is 12.3. The molecule has 0 saturated heterocycles. The molecule has 3 aromatic rings. The molecule has 2 aromatic heterocycles. The van der Waals surface area contributed by atoms with Gasteiger partial charge in [0.25, 0.3) is 11.1 Å². The van der Waals surface area contributed by atoms with E-state index in [2.05, 4.69) is 10.2 Å². The molecule has 1 atom stereocenters. The first kappa shape index (κ1) is 16.5. The Morgan fingerprint density at radius 2 is 1.96 bits per heavy atom. The molecule has 1 aromatic carbocycles. The van der Waals surface area contributed by atoms with Crippen LogP contribution in [0, 0.1) is 20.8 Å². The molecule has 0 radical (unpaired) electrons. The average molecular weight is 342 g/mol. The second-order valence-corrected chi connectivity index (χ2v) is 7.00. The molecule has 0 aliphatic carbocycles. The summed E-state index contributed by atoms with van der Waals surface area (Å²) in [4.78, 5) is 12.7. The number of benzene rings is 1. The number of carbonyl (C=O) groups excluding carboxylic acids is 1. The largest absolute Gasteiger partial charge is 0.469 e. The van der Waals surface area contributed by atoms with E-state index in [0.29, 0.717) is 11.1 Å². The third kappa shape index (κ3) is 3.28. The Morgan fingerprint density at radius 3 is 2.67 bits per heavy atom. The van der Waals surface area contributed by atoms with E-state index in [9.17, 15) is 4.79 Å². The molecule has 0 bridgehead atoms. The molecule has 0 amide bonds. The highest BCUT2D eigenvalue weighted by Gasteiger charge is 2.22. The van der Waals surface area contributed by atoms with Crippen molar-refractivity contribution < 1.29 is 13.6 Å². The molecule has 0 aliphatic rings. The van der Waals surface area contributed by atoms with Crippen LogP contribution in [0.1, 0.15) is 34.2 Å². The van der Waals surface area contributed by atoms with Crippen LogP contribution >= 0.6 is 11.8 Å². The van der Waals surface area contributed by atoms with Crippen LogP contribution in [-0.4, -0.2) is 21.2 Å². The number of carbonyl (C=O) groups is 1. The van der Waals surface area contributed by atoms with Crippen LogP contribution in [-0.2, 0) is 0 Å². The Bertz CT molecular complexity index is 882. The van der Waals surface area contributed by atoms with Crippen LogP contribution in [0.15, 0.2) is 44.6 Å². The molecule has 6 heteroatoms. The maximum atomic E-state index is 12.7. The Kier molecular flexibility index (Phi) is 4.57. The first-order valence-corrected chi connectivity index (χ1v) is 8.49. The first-order chi connectivity index (χ1) is 11.5. The predicted octanol–water partition coefficient (Wildman–Crippen LogP) is 4.62. The lowest BCUT2D eigenvalue weighted by molar-refractivity contribution is 0.0993. The average Bonchev–Trinajstić information content (AvgIpc) is 3.17. The van der Waals surface area contributed by atoms with Gasteiger partial charge in [0.1, 0.15) is 5.76 Å². The van der Waals surface area contributed by atoms with Gasteiger partial charge in [-0.1, -0.05) is 29.5 Å². The summed E-state index contributed by atoms with van der Waals surface area (Å²) in [5.41, 5.74) is 3.54. The van der Waals surface area contributed by atoms with Gasteiger partial charge in [-0.25, -0.2) is 0 Å². The topological polar surface area (TPSA) is 69.1 Å². The van der Waals surface area contributed by atoms with E-state index >= 15 is 0 Å². The van der Waals surface area contributed by atoms with Crippen LogP contribution in [0.3, 0.4) is 0 Å². The molecule has 0 saturated carbocycles. The van der Waals surface area contributed by atoms with Gasteiger partial charge < -0.3 is 8.83 Å². The molecule has 3 rings (SSSR count). The molecule has 0 N–H and O–H groups in total. The highest BCUT2D eigenvalue weighted by atomic mass is 32.2. The molecule has 0 aliphatic heterocycles. The molecule has 0 fully saturated rings. The maximum Gasteiger partial charge on any atom is 0.277 e. The zero-order chi connectivity index (χ0) is 17.3. The van der Waals surface area contributed by atoms with E-state index in [4.69, 9.17) is 8.83 Å². The summed E-state index contributed by atoms with van der Waals surface area (Å²) in [7, 11) is 0. The summed E-state index contributed by atoms with van der Waals surface area (Å²) < 4.78 is 10.9. The molecular weight excluding hydrogens is 324 g/mol. The van der Waals surface area contributed by atoms with Gasteiger partial charge in [0.05, 0.1) is 17.1 Å². The van der Waals surface area contributed by atoms with Gasteiger partial charge in [0.15, 0.2) is 5.78 Å². The summed E-state index contributed by atoms with van der Waals surface area (Å²) in [6.07, 6.45) is 1.58. The molecule has 124 valence electrons. The fraction of sp³-hybridized carbons (Fsp3) is 0.278. The van der Waals surface area contributed by atoms with Gasteiger partial charge in [-0.2, -0.15) is 0 Å². The third-order valence-corrected chi connectivity index (χ3v) is 4.74.